The number of anilines is 2. The normalized spacial score (nSPS) is 15.0. The number of hydrogen-bond donors (Lipinski definition) is 2. The molecule has 3 N–H and O–H groups in total. The van der Waals surface area contributed by atoms with Gasteiger partial charge in [0, 0.05) is 0 Å². The summed E-state index contributed by atoms with van der Waals surface area (Å²) in [6, 6.07) is 29.6. The van der Waals surface area contributed by atoms with Gasteiger partial charge in [0.2, 0.25) is 5.91 Å². The molecule has 0 bridgehead atoms. The van der Waals surface area contributed by atoms with Crippen molar-refractivity contribution in [3.05, 3.63) is 114 Å². The predicted octanol–water partition coefficient (Wildman–Crippen LogP) is 5.44. The Labute approximate surface area is 224 Å². The van der Waals surface area contributed by atoms with E-state index in [0.29, 0.717) is 16.5 Å². The number of carbonyl (C=O) groups excluding carboxylic acids is 3. The predicted molar refractivity (Wildman–Crippen MR) is 154 cm³/mol. The molecule has 1 atom stereocenters. The smallest absolute Gasteiger partial charge is 0.283 e. The van der Waals surface area contributed by atoms with E-state index in [9.17, 15) is 14.4 Å². The molecule has 38 heavy (non-hydrogen) atoms. The van der Waals surface area contributed by atoms with Gasteiger partial charge in [-0.3, -0.25) is 19.3 Å². The number of benzene rings is 4. The summed E-state index contributed by atoms with van der Waals surface area (Å²) in [5.74, 6) is -1.26. The molecule has 0 radical (unpaired) electrons. The summed E-state index contributed by atoms with van der Waals surface area (Å²) in [5, 5.41) is 4.60. The Balaban J connectivity index is 1.46. The third-order valence-electron chi connectivity index (χ3n) is 6.06. The number of aliphatic imine (C=N–C) groups is 1. The molecule has 4 aromatic rings. The quantitative estimate of drug-likeness (QED) is 0.330. The zero-order valence-corrected chi connectivity index (χ0v) is 21.3. The van der Waals surface area contributed by atoms with Crippen molar-refractivity contribution in [2.75, 3.05) is 10.2 Å². The van der Waals surface area contributed by atoms with Crippen LogP contribution in [0.5, 0.6) is 0 Å². The van der Waals surface area contributed by atoms with E-state index in [0.717, 1.165) is 28.1 Å². The molecule has 3 amide bonds. The Morgan fingerprint density at radius 2 is 1.61 bits per heavy atom. The molecular formula is C30H24N4O3S. The average molecular weight is 521 g/mol. The molecule has 1 aliphatic rings. The first-order valence-corrected chi connectivity index (χ1v) is 12.8. The first kappa shape index (κ1) is 25.0. The highest BCUT2D eigenvalue weighted by molar-refractivity contribution is 8.15. The Morgan fingerprint density at radius 1 is 0.921 bits per heavy atom. The van der Waals surface area contributed by atoms with Crippen LogP contribution >= 0.6 is 11.8 Å². The van der Waals surface area contributed by atoms with Gasteiger partial charge in [-0.1, -0.05) is 84.6 Å². The Kier molecular flexibility index (Phi) is 7.06. The Morgan fingerprint density at radius 3 is 2.39 bits per heavy atom. The molecule has 0 spiro atoms. The first-order valence-electron chi connectivity index (χ1n) is 12.0. The van der Waals surface area contributed by atoms with Crippen LogP contribution in [0.3, 0.4) is 0 Å². The second kappa shape index (κ2) is 10.7. The fourth-order valence-corrected chi connectivity index (χ4v) is 5.08. The summed E-state index contributed by atoms with van der Waals surface area (Å²) in [4.78, 5) is 44.6. The monoisotopic (exact) mass is 520 g/mol. The molecule has 5 rings (SSSR count). The zero-order chi connectivity index (χ0) is 26.6. The number of nitrogens with zero attached hydrogens (tertiary/aromatic N) is 2. The molecule has 1 heterocycles. The van der Waals surface area contributed by atoms with Crippen LogP contribution < -0.4 is 16.0 Å². The molecule has 1 unspecified atom stereocenters. The number of fused-ring (bicyclic) bond motifs is 1. The van der Waals surface area contributed by atoms with E-state index in [4.69, 9.17) is 5.73 Å². The largest absolute Gasteiger partial charge is 0.366 e. The van der Waals surface area contributed by atoms with E-state index in [1.165, 1.54) is 4.90 Å². The third kappa shape index (κ3) is 5.07. The molecule has 0 saturated heterocycles. The third-order valence-corrected chi connectivity index (χ3v) is 7.11. The zero-order valence-electron chi connectivity index (χ0n) is 20.5. The van der Waals surface area contributed by atoms with E-state index in [1.807, 2.05) is 72.8 Å². The van der Waals surface area contributed by atoms with Crippen LogP contribution in [0.4, 0.5) is 11.4 Å². The number of rotatable bonds is 6. The fraction of sp³-hybridized carbons (Fsp3) is 0.0667. The van der Waals surface area contributed by atoms with Crippen LogP contribution in [0.1, 0.15) is 22.8 Å². The van der Waals surface area contributed by atoms with Crippen LogP contribution in [0.25, 0.3) is 16.8 Å². The molecule has 0 aromatic heterocycles. The lowest BCUT2D eigenvalue weighted by atomic mass is 10.0. The molecule has 8 heteroatoms. The van der Waals surface area contributed by atoms with Crippen molar-refractivity contribution in [1.82, 2.24) is 0 Å². The molecule has 1 aliphatic heterocycles. The van der Waals surface area contributed by atoms with Gasteiger partial charge in [-0.2, -0.15) is 0 Å². The molecule has 7 nitrogen and oxygen atoms in total. The minimum Gasteiger partial charge on any atom is -0.366 e. The van der Waals surface area contributed by atoms with Gasteiger partial charge in [-0.05, 0) is 53.6 Å². The summed E-state index contributed by atoms with van der Waals surface area (Å²) in [5.41, 5.74) is 7.80. The van der Waals surface area contributed by atoms with Crippen LogP contribution in [-0.2, 0) is 9.59 Å². The first-order chi connectivity index (χ1) is 18.4. The SMILES string of the molecule is CC(SC1=N/C(=C/c2cccc3ccccc23)C(=O)N1c1ccccc1)C(=O)Nc1ccccc1C(N)=O. The number of amides is 3. The number of thioether (sulfide) groups is 1. The summed E-state index contributed by atoms with van der Waals surface area (Å²) in [7, 11) is 0. The second-order valence-electron chi connectivity index (χ2n) is 8.63. The Hall–Kier alpha value is -4.69. The van der Waals surface area contributed by atoms with Gasteiger partial charge in [-0.25, -0.2) is 4.99 Å². The van der Waals surface area contributed by atoms with Crippen molar-refractivity contribution in [2.24, 2.45) is 10.7 Å². The summed E-state index contributed by atoms with van der Waals surface area (Å²) in [6.45, 7) is 1.72. The molecule has 188 valence electrons. The maximum Gasteiger partial charge on any atom is 0.283 e. The van der Waals surface area contributed by atoms with E-state index in [1.54, 1.807) is 37.3 Å². The highest BCUT2D eigenvalue weighted by atomic mass is 32.2. The summed E-state index contributed by atoms with van der Waals surface area (Å²) < 4.78 is 0. The number of hydrogen-bond acceptors (Lipinski definition) is 5. The maximum absolute atomic E-state index is 13.6. The Bertz CT molecular complexity index is 1610. The summed E-state index contributed by atoms with van der Waals surface area (Å²) >= 11 is 1.16. The summed E-state index contributed by atoms with van der Waals surface area (Å²) in [6.07, 6.45) is 1.78. The van der Waals surface area contributed by atoms with Crippen LogP contribution in [0, 0.1) is 0 Å². The second-order valence-corrected chi connectivity index (χ2v) is 9.94. The van der Waals surface area contributed by atoms with Crippen LogP contribution in [0.15, 0.2) is 108 Å². The number of amidine groups is 1. The van der Waals surface area contributed by atoms with Crippen LogP contribution in [-0.4, -0.2) is 28.1 Å². The highest BCUT2D eigenvalue weighted by Crippen LogP contribution is 2.32. The van der Waals surface area contributed by atoms with Gasteiger partial charge in [0.15, 0.2) is 5.17 Å². The van der Waals surface area contributed by atoms with E-state index >= 15 is 0 Å². The van der Waals surface area contributed by atoms with Crippen molar-refractivity contribution in [1.29, 1.82) is 0 Å². The van der Waals surface area contributed by atoms with E-state index < -0.39 is 11.2 Å². The highest BCUT2D eigenvalue weighted by Gasteiger charge is 2.34. The lowest BCUT2D eigenvalue weighted by Crippen LogP contribution is -2.33. The topological polar surface area (TPSA) is 105 Å². The van der Waals surface area contributed by atoms with Gasteiger partial charge in [-0.15, -0.1) is 0 Å². The number of nitrogens with two attached hydrogens (primary N) is 1. The van der Waals surface area contributed by atoms with Gasteiger partial charge < -0.3 is 11.1 Å². The minimum absolute atomic E-state index is 0.220. The van der Waals surface area contributed by atoms with Gasteiger partial charge >= 0.3 is 0 Å². The van der Waals surface area contributed by atoms with Crippen molar-refractivity contribution in [3.63, 3.8) is 0 Å². The van der Waals surface area contributed by atoms with Gasteiger partial charge in [0.25, 0.3) is 11.8 Å². The standard InChI is InChI=1S/C30H24N4O3S/c1-19(28(36)32-25-17-8-7-16-24(25)27(31)35)38-30-33-26(29(37)34(30)22-13-3-2-4-14-22)18-21-12-9-11-20-10-5-6-15-23(20)21/h2-19H,1H3,(H2,31,35)(H,32,36)/b26-18+. The van der Waals surface area contributed by atoms with Crippen molar-refractivity contribution < 1.29 is 14.4 Å². The van der Waals surface area contributed by atoms with Crippen molar-refractivity contribution in [3.8, 4) is 0 Å². The van der Waals surface area contributed by atoms with Gasteiger partial charge in [0.05, 0.1) is 22.2 Å². The molecule has 4 aromatic carbocycles. The number of primary amides is 1. The number of nitrogens with one attached hydrogen (secondary N) is 1. The number of para-hydroxylation sites is 2. The number of carbonyl (C=O) groups is 3. The molecule has 0 fully saturated rings. The minimum atomic E-state index is -0.634. The van der Waals surface area contributed by atoms with Crippen molar-refractivity contribution in [2.45, 2.75) is 12.2 Å². The maximum atomic E-state index is 13.6. The lowest BCUT2D eigenvalue weighted by Gasteiger charge is -2.20. The molecule has 0 saturated carbocycles. The molecule has 0 aliphatic carbocycles. The van der Waals surface area contributed by atoms with E-state index in [2.05, 4.69) is 10.3 Å². The van der Waals surface area contributed by atoms with Gasteiger partial charge in [0.1, 0.15) is 5.70 Å². The average Bonchev–Trinajstić information content (AvgIpc) is 3.23. The van der Waals surface area contributed by atoms with Crippen LogP contribution in [0.2, 0.25) is 0 Å². The molecular weight excluding hydrogens is 496 g/mol. The fourth-order valence-electron chi connectivity index (χ4n) is 4.16. The van der Waals surface area contributed by atoms with Crippen molar-refractivity contribution >= 4 is 62.9 Å². The van der Waals surface area contributed by atoms with E-state index in [-0.39, 0.29) is 23.1 Å². The lowest BCUT2D eigenvalue weighted by molar-refractivity contribution is -0.115.